The Bertz CT molecular complexity index is 760. The molecule has 1 N–H and O–H groups in total. The molecule has 2 heteroatoms. The van der Waals surface area contributed by atoms with Gasteiger partial charge in [0.1, 0.15) is 0 Å². The zero-order chi connectivity index (χ0) is 20.4. The standard InChI is InChI=1S/C27H30O2/c28-26(29)21-13-2-1-3-14-22-27(23-15-7-4-8-16-23,24-17-9-5-10-18-24)25-19-11-6-12-20-25/h4-12,15-20H,1-3,13-14,21-22H2,(H,28,29). The fourth-order valence-corrected chi connectivity index (χ4v) is 4.30. The molecule has 3 aromatic carbocycles. The van der Waals surface area contributed by atoms with Crippen LogP contribution in [0.4, 0.5) is 0 Å². The van der Waals surface area contributed by atoms with Gasteiger partial charge in [0.15, 0.2) is 0 Å². The van der Waals surface area contributed by atoms with Gasteiger partial charge in [0.05, 0.1) is 0 Å². The summed E-state index contributed by atoms with van der Waals surface area (Å²) in [5.74, 6) is -0.693. The molecule has 3 aromatic rings. The lowest BCUT2D eigenvalue weighted by atomic mass is 9.66. The molecule has 0 saturated heterocycles. The first-order valence-corrected chi connectivity index (χ1v) is 10.6. The molecule has 0 aliphatic carbocycles. The average Bonchev–Trinajstić information content (AvgIpc) is 2.77. The van der Waals surface area contributed by atoms with E-state index in [2.05, 4.69) is 91.0 Å². The van der Waals surface area contributed by atoms with Crippen LogP contribution < -0.4 is 0 Å². The van der Waals surface area contributed by atoms with Crippen LogP contribution in [0.25, 0.3) is 0 Å². The molecule has 0 bridgehead atoms. The van der Waals surface area contributed by atoms with E-state index in [-0.39, 0.29) is 11.8 Å². The Morgan fingerprint density at radius 1 is 0.586 bits per heavy atom. The van der Waals surface area contributed by atoms with E-state index in [4.69, 9.17) is 5.11 Å². The minimum Gasteiger partial charge on any atom is -0.481 e. The highest BCUT2D eigenvalue weighted by Gasteiger charge is 2.35. The minimum absolute atomic E-state index is 0.176. The van der Waals surface area contributed by atoms with E-state index in [1.165, 1.54) is 16.7 Å². The molecule has 0 radical (unpaired) electrons. The summed E-state index contributed by atoms with van der Waals surface area (Å²) in [4.78, 5) is 10.7. The van der Waals surface area contributed by atoms with Crippen molar-refractivity contribution in [2.75, 3.05) is 0 Å². The monoisotopic (exact) mass is 386 g/mol. The number of aliphatic carboxylic acids is 1. The largest absolute Gasteiger partial charge is 0.481 e. The smallest absolute Gasteiger partial charge is 0.303 e. The van der Waals surface area contributed by atoms with E-state index in [1.807, 2.05) is 0 Å². The van der Waals surface area contributed by atoms with Crippen LogP contribution in [0.15, 0.2) is 91.0 Å². The summed E-state index contributed by atoms with van der Waals surface area (Å²) in [5, 5.41) is 8.80. The predicted octanol–water partition coefficient (Wildman–Crippen LogP) is 6.84. The van der Waals surface area contributed by atoms with Gasteiger partial charge >= 0.3 is 5.97 Å². The lowest BCUT2D eigenvalue weighted by Crippen LogP contribution is -2.29. The second kappa shape index (κ2) is 10.6. The summed E-state index contributed by atoms with van der Waals surface area (Å²) in [6, 6.07) is 32.4. The van der Waals surface area contributed by atoms with E-state index < -0.39 is 5.97 Å². The second-order valence-corrected chi connectivity index (χ2v) is 7.66. The van der Waals surface area contributed by atoms with Gasteiger partial charge in [-0.1, -0.05) is 117 Å². The number of unbranched alkanes of at least 4 members (excludes halogenated alkanes) is 4. The molecule has 0 unspecified atom stereocenters. The number of hydrogen-bond donors (Lipinski definition) is 1. The summed E-state index contributed by atoms with van der Waals surface area (Å²) < 4.78 is 0. The van der Waals surface area contributed by atoms with Gasteiger partial charge in [-0.25, -0.2) is 0 Å². The molecular weight excluding hydrogens is 356 g/mol. The van der Waals surface area contributed by atoms with Crippen molar-refractivity contribution >= 4 is 5.97 Å². The van der Waals surface area contributed by atoms with Crippen LogP contribution in [-0.2, 0) is 10.2 Å². The normalized spacial score (nSPS) is 11.3. The molecule has 150 valence electrons. The van der Waals surface area contributed by atoms with Crippen molar-refractivity contribution in [1.82, 2.24) is 0 Å². The summed E-state index contributed by atoms with van der Waals surface area (Å²) in [6.07, 6.45) is 6.38. The lowest BCUT2D eigenvalue weighted by molar-refractivity contribution is -0.137. The van der Waals surface area contributed by atoms with Gasteiger partial charge in [-0.2, -0.15) is 0 Å². The second-order valence-electron chi connectivity index (χ2n) is 7.66. The molecule has 0 spiro atoms. The average molecular weight is 387 g/mol. The fourth-order valence-electron chi connectivity index (χ4n) is 4.30. The Labute approximate surface area is 174 Å². The van der Waals surface area contributed by atoms with Crippen LogP contribution in [0.2, 0.25) is 0 Å². The Kier molecular flexibility index (Phi) is 7.63. The number of rotatable bonds is 11. The lowest BCUT2D eigenvalue weighted by Gasteiger charge is -2.36. The highest BCUT2D eigenvalue weighted by atomic mass is 16.4. The van der Waals surface area contributed by atoms with Gasteiger partial charge in [-0.3, -0.25) is 4.79 Å². The maximum Gasteiger partial charge on any atom is 0.303 e. The van der Waals surface area contributed by atoms with Crippen LogP contribution in [0.5, 0.6) is 0 Å². The molecular formula is C27H30O2. The van der Waals surface area contributed by atoms with Gasteiger partial charge < -0.3 is 5.11 Å². The van der Waals surface area contributed by atoms with Crippen LogP contribution in [-0.4, -0.2) is 11.1 Å². The molecule has 0 amide bonds. The summed E-state index contributed by atoms with van der Waals surface area (Å²) in [7, 11) is 0. The quantitative estimate of drug-likeness (QED) is 0.289. The van der Waals surface area contributed by atoms with E-state index in [9.17, 15) is 4.79 Å². The van der Waals surface area contributed by atoms with Crippen molar-refractivity contribution in [3.05, 3.63) is 108 Å². The van der Waals surface area contributed by atoms with Crippen molar-refractivity contribution in [3.8, 4) is 0 Å². The highest BCUT2D eigenvalue weighted by molar-refractivity contribution is 5.66. The van der Waals surface area contributed by atoms with Crippen molar-refractivity contribution in [1.29, 1.82) is 0 Å². The maximum absolute atomic E-state index is 10.7. The maximum atomic E-state index is 10.7. The van der Waals surface area contributed by atoms with Gasteiger partial charge in [-0.15, -0.1) is 0 Å². The number of benzene rings is 3. The van der Waals surface area contributed by atoms with Crippen molar-refractivity contribution in [2.24, 2.45) is 0 Å². The summed E-state index contributed by atoms with van der Waals surface area (Å²) in [5.41, 5.74) is 3.79. The Hall–Kier alpha value is -2.87. The SMILES string of the molecule is O=C(O)CCCCCCCC(c1ccccc1)(c1ccccc1)c1ccccc1. The molecule has 0 saturated carbocycles. The van der Waals surface area contributed by atoms with Crippen LogP contribution >= 0.6 is 0 Å². The predicted molar refractivity (Wildman–Crippen MR) is 119 cm³/mol. The first-order valence-electron chi connectivity index (χ1n) is 10.6. The minimum atomic E-state index is -0.693. The Morgan fingerprint density at radius 2 is 0.966 bits per heavy atom. The van der Waals surface area contributed by atoms with Crippen molar-refractivity contribution < 1.29 is 9.90 Å². The third kappa shape index (κ3) is 5.35. The van der Waals surface area contributed by atoms with Gasteiger partial charge in [0, 0.05) is 11.8 Å². The molecule has 0 aliphatic rings. The molecule has 0 heterocycles. The number of carboxylic acid groups (broad SMARTS) is 1. The van der Waals surface area contributed by atoms with Crippen molar-refractivity contribution in [2.45, 2.75) is 50.4 Å². The highest BCUT2D eigenvalue weighted by Crippen LogP contribution is 2.43. The van der Waals surface area contributed by atoms with E-state index >= 15 is 0 Å². The first kappa shape index (κ1) is 20.9. The Morgan fingerprint density at radius 3 is 1.38 bits per heavy atom. The molecule has 0 atom stereocenters. The number of carboxylic acids is 1. The number of hydrogen-bond acceptors (Lipinski definition) is 1. The van der Waals surface area contributed by atoms with Gasteiger partial charge in [-0.05, 0) is 29.5 Å². The van der Waals surface area contributed by atoms with E-state index in [1.54, 1.807) is 0 Å². The van der Waals surface area contributed by atoms with Gasteiger partial charge in [0.25, 0.3) is 0 Å². The molecule has 0 fully saturated rings. The Balaban J connectivity index is 1.86. The molecule has 0 aliphatic heterocycles. The van der Waals surface area contributed by atoms with Crippen LogP contribution in [0.3, 0.4) is 0 Å². The summed E-state index contributed by atoms with van der Waals surface area (Å²) in [6.45, 7) is 0. The third-order valence-corrected chi connectivity index (χ3v) is 5.74. The van der Waals surface area contributed by atoms with Crippen LogP contribution in [0.1, 0.15) is 61.6 Å². The van der Waals surface area contributed by atoms with Crippen LogP contribution in [0, 0.1) is 0 Å². The fraction of sp³-hybridized carbons (Fsp3) is 0.296. The van der Waals surface area contributed by atoms with E-state index in [0.717, 1.165) is 38.5 Å². The zero-order valence-corrected chi connectivity index (χ0v) is 17.0. The molecule has 29 heavy (non-hydrogen) atoms. The molecule has 3 rings (SSSR count). The van der Waals surface area contributed by atoms with Gasteiger partial charge in [0.2, 0.25) is 0 Å². The number of carbonyl (C=O) groups is 1. The first-order chi connectivity index (χ1) is 14.2. The van der Waals surface area contributed by atoms with Crippen molar-refractivity contribution in [3.63, 3.8) is 0 Å². The molecule has 0 aromatic heterocycles. The molecule has 2 nitrogen and oxygen atoms in total. The topological polar surface area (TPSA) is 37.3 Å². The zero-order valence-electron chi connectivity index (χ0n) is 17.0. The van der Waals surface area contributed by atoms with E-state index in [0.29, 0.717) is 0 Å². The summed E-state index contributed by atoms with van der Waals surface area (Å²) >= 11 is 0. The third-order valence-electron chi connectivity index (χ3n) is 5.74.